The van der Waals surface area contributed by atoms with Gasteiger partial charge in [0.25, 0.3) is 5.91 Å². The highest BCUT2D eigenvalue weighted by Gasteiger charge is 2.54. The first-order chi connectivity index (χ1) is 15.0. The van der Waals surface area contributed by atoms with Crippen LogP contribution in [0, 0.1) is 18.3 Å². The van der Waals surface area contributed by atoms with Gasteiger partial charge in [-0.1, -0.05) is 42.0 Å². The van der Waals surface area contributed by atoms with Crippen molar-refractivity contribution in [3.05, 3.63) is 65.2 Å². The molecule has 1 saturated heterocycles. The number of hydrogen-bond donors (Lipinski definition) is 1. The predicted octanol–water partition coefficient (Wildman–Crippen LogP) is 3.03. The van der Waals surface area contributed by atoms with Crippen LogP contribution in [0.25, 0.3) is 0 Å². The van der Waals surface area contributed by atoms with E-state index in [0.717, 1.165) is 34.4 Å². The second-order valence-electron chi connectivity index (χ2n) is 8.03. The first kappa shape index (κ1) is 20.6. The van der Waals surface area contributed by atoms with Crippen LogP contribution in [-0.4, -0.2) is 35.8 Å². The number of nitriles is 1. The van der Waals surface area contributed by atoms with Crippen LogP contribution in [0.4, 0.5) is 10.5 Å². The van der Waals surface area contributed by atoms with Gasteiger partial charge in [-0.3, -0.25) is 14.5 Å². The third-order valence-electron chi connectivity index (χ3n) is 6.04. The molecule has 158 valence electrons. The summed E-state index contributed by atoms with van der Waals surface area (Å²) in [6.07, 6.45) is 2.30. The number of aryl methyl sites for hydroxylation is 2. The average molecular weight is 416 g/mol. The highest BCUT2D eigenvalue weighted by molar-refractivity contribution is 6.11. The normalized spacial score (nSPS) is 19.7. The lowest BCUT2D eigenvalue weighted by molar-refractivity contribution is -0.135. The van der Waals surface area contributed by atoms with Crippen molar-refractivity contribution in [2.75, 3.05) is 18.0 Å². The monoisotopic (exact) mass is 416 g/mol. The van der Waals surface area contributed by atoms with E-state index < -0.39 is 17.5 Å². The lowest BCUT2D eigenvalue weighted by atomic mass is 9.76. The van der Waals surface area contributed by atoms with Crippen molar-refractivity contribution in [2.45, 2.75) is 38.1 Å². The molecule has 1 N–H and O–H groups in total. The Hall–Kier alpha value is -3.66. The fourth-order valence-electron chi connectivity index (χ4n) is 4.46. The zero-order valence-corrected chi connectivity index (χ0v) is 17.4. The SMILES string of the molecule is Cc1ccc(N(CCC#N)C(=O)CN2C(=O)NC3(CCCc4ccccc43)C2=O)cc1. The van der Waals surface area contributed by atoms with Crippen molar-refractivity contribution in [1.29, 1.82) is 5.26 Å². The summed E-state index contributed by atoms with van der Waals surface area (Å²) < 4.78 is 0. The first-order valence-electron chi connectivity index (χ1n) is 10.4. The van der Waals surface area contributed by atoms with Gasteiger partial charge in [0, 0.05) is 12.2 Å². The molecule has 2 aromatic carbocycles. The van der Waals surface area contributed by atoms with Gasteiger partial charge in [0.2, 0.25) is 5.91 Å². The van der Waals surface area contributed by atoms with E-state index in [2.05, 4.69) is 5.32 Å². The average Bonchev–Trinajstić information content (AvgIpc) is 3.00. The number of imide groups is 1. The Balaban J connectivity index is 1.59. The molecule has 4 amide bonds. The molecule has 1 atom stereocenters. The van der Waals surface area contributed by atoms with Gasteiger partial charge in [-0.15, -0.1) is 0 Å². The van der Waals surface area contributed by atoms with Gasteiger partial charge >= 0.3 is 6.03 Å². The van der Waals surface area contributed by atoms with Crippen molar-refractivity contribution in [3.8, 4) is 6.07 Å². The number of carbonyl (C=O) groups is 3. The summed E-state index contributed by atoms with van der Waals surface area (Å²) in [4.78, 5) is 41.8. The quantitative estimate of drug-likeness (QED) is 0.758. The predicted molar refractivity (Wildman–Crippen MR) is 115 cm³/mol. The summed E-state index contributed by atoms with van der Waals surface area (Å²) in [6.45, 7) is 1.77. The van der Waals surface area contributed by atoms with Gasteiger partial charge in [0.1, 0.15) is 12.1 Å². The second-order valence-corrected chi connectivity index (χ2v) is 8.03. The molecule has 7 heteroatoms. The molecule has 1 aliphatic carbocycles. The van der Waals surface area contributed by atoms with Crippen molar-refractivity contribution in [1.82, 2.24) is 10.2 Å². The molecule has 4 rings (SSSR count). The number of anilines is 1. The number of carbonyl (C=O) groups excluding carboxylic acids is 3. The fraction of sp³-hybridized carbons (Fsp3) is 0.333. The number of fused-ring (bicyclic) bond motifs is 2. The van der Waals surface area contributed by atoms with E-state index in [1.165, 1.54) is 4.90 Å². The highest BCUT2D eigenvalue weighted by Crippen LogP contribution is 2.39. The van der Waals surface area contributed by atoms with Crippen LogP contribution in [0.1, 0.15) is 36.0 Å². The minimum absolute atomic E-state index is 0.150. The summed E-state index contributed by atoms with van der Waals surface area (Å²) in [5.74, 6) is -0.786. The molecule has 1 unspecified atom stereocenters. The Kier molecular flexibility index (Phi) is 5.47. The Labute approximate surface area is 181 Å². The number of nitrogens with one attached hydrogen (secondary N) is 1. The molecule has 1 fully saturated rings. The lowest BCUT2D eigenvalue weighted by Crippen LogP contribution is -2.47. The molecule has 7 nitrogen and oxygen atoms in total. The van der Waals surface area contributed by atoms with E-state index in [1.54, 1.807) is 12.1 Å². The molecule has 2 aromatic rings. The molecule has 1 spiro atoms. The van der Waals surface area contributed by atoms with Crippen molar-refractivity contribution < 1.29 is 14.4 Å². The smallest absolute Gasteiger partial charge is 0.319 e. The van der Waals surface area contributed by atoms with Crippen LogP contribution in [0.15, 0.2) is 48.5 Å². The highest BCUT2D eigenvalue weighted by atomic mass is 16.2. The topological polar surface area (TPSA) is 93.5 Å². The van der Waals surface area contributed by atoms with E-state index >= 15 is 0 Å². The molecule has 1 heterocycles. The maximum atomic E-state index is 13.4. The summed E-state index contributed by atoms with van der Waals surface area (Å²) in [5.41, 5.74) is 2.44. The van der Waals surface area contributed by atoms with E-state index in [0.29, 0.717) is 12.1 Å². The number of amides is 4. The van der Waals surface area contributed by atoms with Gasteiger partial charge in [-0.2, -0.15) is 5.26 Å². The van der Waals surface area contributed by atoms with Gasteiger partial charge < -0.3 is 10.2 Å². The maximum absolute atomic E-state index is 13.4. The minimum Gasteiger partial charge on any atom is -0.319 e. The van der Waals surface area contributed by atoms with E-state index in [1.807, 2.05) is 49.4 Å². The second kappa shape index (κ2) is 8.23. The van der Waals surface area contributed by atoms with Crippen LogP contribution >= 0.6 is 0 Å². The number of benzene rings is 2. The molecule has 31 heavy (non-hydrogen) atoms. The number of urea groups is 1. The van der Waals surface area contributed by atoms with E-state index in [-0.39, 0.29) is 25.4 Å². The Morgan fingerprint density at radius 3 is 2.68 bits per heavy atom. The Bertz CT molecular complexity index is 1070. The molecule has 2 aliphatic rings. The van der Waals surface area contributed by atoms with Gasteiger partial charge in [-0.25, -0.2) is 4.79 Å². The maximum Gasteiger partial charge on any atom is 0.325 e. The summed E-state index contributed by atoms with van der Waals surface area (Å²) in [7, 11) is 0. The van der Waals surface area contributed by atoms with Crippen LogP contribution in [0.5, 0.6) is 0 Å². The third-order valence-corrected chi connectivity index (χ3v) is 6.04. The molecular weight excluding hydrogens is 392 g/mol. The molecule has 0 aromatic heterocycles. The lowest BCUT2D eigenvalue weighted by Gasteiger charge is -2.33. The van der Waals surface area contributed by atoms with Crippen LogP contribution in [0.3, 0.4) is 0 Å². The number of rotatable bonds is 5. The fourth-order valence-corrected chi connectivity index (χ4v) is 4.46. The van der Waals surface area contributed by atoms with E-state index in [9.17, 15) is 14.4 Å². The van der Waals surface area contributed by atoms with E-state index in [4.69, 9.17) is 5.26 Å². The number of hydrogen-bond acceptors (Lipinski definition) is 4. The summed E-state index contributed by atoms with van der Waals surface area (Å²) in [6, 6.07) is 16.5. The van der Waals surface area contributed by atoms with Crippen molar-refractivity contribution >= 4 is 23.5 Å². The minimum atomic E-state index is -1.10. The Morgan fingerprint density at radius 1 is 1.19 bits per heavy atom. The molecule has 1 aliphatic heterocycles. The standard InChI is InChI=1S/C24H24N4O3/c1-17-9-11-19(12-10-17)27(15-5-14-25)21(29)16-28-22(30)24(26-23(28)31)13-4-7-18-6-2-3-8-20(18)24/h2-3,6,8-12H,4-5,7,13,15-16H2,1H3,(H,26,31). The molecule has 0 bridgehead atoms. The zero-order chi connectivity index (χ0) is 22.0. The van der Waals surface area contributed by atoms with Crippen LogP contribution in [-0.2, 0) is 21.5 Å². The third kappa shape index (κ3) is 3.66. The number of nitrogens with zero attached hydrogens (tertiary/aromatic N) is 3. The van der Waals surface area contributed by atoms with Crippen LogP contribution < -0.4 is 10.2 Å². The summed E-state index contributed by atoms with van der Waals surface area (Å²) >= 11 is 0. The van der Waals surface area contributed by atoms with Crippen LogP contribution in [0.2, 0.25) is 0 Å². The molecular formula is C24H24N4O3. The van der Waals surface area contributed by atoms with Gasteiger partial charge in [0.15, 0.2) is 0 Å². The molecule has 0 radical (unpaired) electrons. The molecule has 0 saturated carbocycles. The van der Waals surface area contributed by atoms with Crippen molar-refractivity contribution in [2.24, 2.45) is 0 Å². The van der Waals surface area contributed by atoms with Gasteiger partial charge in [-0.05, 0) is 49.4 Å². The first-order valence-corrected chi connectivity index (χ1v) is 10.4. The summed E-state index contributed by atoms with van der Waals surface area (Å²) in [5, 5.41) is 11.9. The van der Waals surface area contributed by atoms with Crippen molar-refractivity contribution in [3.63, 3.8) is 0 Å². The zero-order valence-electron chi connectivity index (χ0n) is 17.4. The van der Waals surface area contributed by atoms with Gasteiger partial charge in [0.05, 0.1) is 12.5 Å². The Morgan fingerprint density at radius 2 is 1.94 bits per heavy atom. The largest absolute Gasteiger partial charge is 0.325 e.